The molecule has 0 radical (unpaired) electrons. The Kier molecular flexibility index (Phi) is 5.09. The quantitative estimate of drug-likeness (QED) is 0.552. The lowest BCUT2D eigenvalue weighted by Crippen LogP contribution is -1.99. The zero-order valence-corrected chi connectivity index (χ0v) is 11.0. The van der Waals surface area contributed by atoms with E-state index in [0.717, 1.165) is 29.3 Å². The van der Waals surface area contributed by atoms with E-state index in [0.29, 0.717) is 6.42 Å². The number of benzene rings is 1. The van der Waals surface area contributed by atoms with Gasteiger partial charge in [0, 0.05) is 12.0 Å². The van der Waals surface area contributed by atoms with E-state index in [-0.39, 0.29) is 5.78 Å². The van der Waals surface area contributed by atoms with Crippen molar-refractivity contribution in [3.8, 4) is 0 Å². The van der Waals surface area contributed by atoms with Gasteiger partial charge in [-0.15, -0.1) is 0 Å². The second-order valence-electron chi connectivity index (χ2n) is 4.02. The van der Waals surface area contributed by atoms with Crippen LogP contribution >= 0.6 is 11.8 Å². The van der Waals surface area contributed by atoms with Crippen molar-refractivity contribution in [2.45, 2.75) is 18.6 Å². The number of ketones is 1. The lowest BCUT2D eigenvalue weighted by atomic mass is 10.1. The Morgan fingerprint density at radius 1 is 1.11 bits per heavy atom. The van der Waals surface area contributed by atoms with Crippen LogP contribution in [-0.2, 0) is 5.75 Å². The molecule has 2 aromatic rings. The Labute approximate surface area is 111 Å². The maximum absolute atomic E-state index is 11.8. The van der Waals surface area contributed by atoms with E-state index in [9.17, 15) is 4.79 Å². The lowest BCUT2D eigenvalue weighted by molar-refractivity contribution is 0.0982. The van der Waals surface area contributed by atoms with Crippen molar-refractivity contribution >= 4 is 17.5 Å². The molecule has 1 aromatic heterocycles. The third kappa shape index (κ3) is 4.08. The average Bonchev–Trinajstić information content (AvgIpc) is 2.92. The monoisotopic (exact) mass is 260 g/mol. The van der Waals surface area contributed by atoms with Crippen LogP contribution in [0.1, 0.15) is 29.0 Å². The Morgan fingerprint density at radius 3 is 2.67 bits per heavy atom. The molecule has 2 rings (SSSR count). The summed E-state index contributed by atoms with van der Waals surface area (Å²) in [5.41, 5.74) is 0.813. The van der Waals surface area contributed by atoms with Crippen LogP contribution in [0.3, 0.4) is 0 Å². The molecule has 0 aliphatic heterocycles. The molecule has 0 bridgehead atoms. The van der Waals surface area contributed by atoms with E-state index in [1.165, 1.54) is 0 Å². The van der Waals surface area contributed by atoms with Gasteiger partial charge in [-0.3, -0.25) is 4.79 Å². The predicted molar refractivity (Wildman–Crippen MR) is 74.9 cm³/mol. The van der Waals surface area contributed by atoms with Crippen molar-refractivity contribution in [1.29, 1.82) is 0 Å². The molecule has 0 aliphatic carbocycles. The van der Waals surface area contributed by atoms with E-state index in [2.05, 4.69) is 0 Å². The van der Waals surface area contributed by atoms with Gasteiger partial charge in [0.05, 0.1) is 12.0 Å². The highest BCUT2D eigenvalue weighted by molar-refractivity contribution is 7.98. The Morgan fingerprint density at radius 2 is 1.94 bits per heavy atom. The van der Waals surface area contributed by atoms with Crippen molar-refractivity contribution in [3.63, 3.8) is 0 Å². The zero-order chi connectivity index (χ0) is 12.6. The third-order valence-corrected chi connectivity index (χ3v) is 3.68. The average molecular weight is 260 g/mol. The lowest BCUT2D eigenvalue weighted by Gasteiger charge is -2.01. The second-order valence-corrected chi connectivity index (χ2v) is 5.13. The van der Waals surface area contributed by atoms with Gasteiger partial charge in [0.1, 0.15) is 5.76 Å². The smallest absolute Gasteiger partial charge is 0.162 e. The number of furan rings is 1. The SMILES string of the molecule is O=C(CCCSCc1ccco1)c1ccccc1. The van der Waals surface area contributed by atoms with Crippen molar-refractivity contribution in [2.24, 2.45) is 0 Å². The minimum Gasteiger partial charge on any atom is -0.468 e. The van der Waals surface area contributed by atoms with Crippen LogP contribution < -0.4 is 0 Å². The van der Waals surface area contributed by atoms with Crippen LogP contribution in [0.2, 0.25) is 0 Å². The normalized spacial score (nSPS) is 10.4. The summed E-state index contributed by atoms with van der Waals surface area (Å²) in [6.07, 6.45) is 3.23. The molecule has 0 amide bonds. The highest BCUT2D eigenvalue weighted by Gasteiger charge is 2.04. The van der Waals surface area contributed by atoms with Gasteiger partial charge in [0.2, 0.25) is 0 Å². The van der Waals surface area contributed by atoms with Crippen LogP contribution in [0.4, 0.5) is 0 Å². The minimum absolute atomic E-state index is 0.231. The van der Waals surface area contributed by atoms with Crippen LogP contribution in [0, 0.1) is 0 Å². The molecule has 0 spiro atoms. The molecule has 0 N–H and O–H groups in total. The molecule has 0 fully saturated rings. The topological polar surface area (TPSA) is 30.2 Å². The van der Waals surface area contributed by atoms with Gasteiger partial charge in [-0.1, -0.05) is 30.3 Å². The van der Waals surface area contributed by atoms with Crippen LogP contribution in [-0.4, -0.2) is 11.5 Å². The summed E-state index contributed by atoms with van der Waals surface area (Å²) in [6, 6.07) is 13.3. The Balaban J connectivity index is 1.62. The molecular formula is C15H16O2S. The number of rotatable bonds is 7. The van der Waals surface area contributed by atoms with E-state index in [4.69, 9.17) is 4.42 Å². The van der Waals surface area contributed by atoms with Gasteiger partial charge in [-0.05, 0) is 24.3 Å². The molecule has 94 valence electrons. The van der Waals surface area contributed by atoms with E-state index < -0.39 is 0 Å². The molecule has 1 heterocycles. The van der Waals surface area contributed by atoms with E-state index >= 15 is 0 Å². The minimum atomic E-state index is 0.231. The molecular weight excluding hydrogens is 244 g/mol. The van der Waals surface area contributed by atoms with E-state index in [1.807, 2.05) is 42.5 Å². The molecule has 18 heavy (non-hydrogen) atoms. The Hall–Kier alpha value is -1.48. The van der Waals surface area contributed by atoms with Gasteiger partial charge >= 0.3 is 0 Å². The molecule has 0 aliphatic rings. The standard InChI is InChI=1S/C15H16O2S/c16-15(13-6-2-1-3-7-13)9-5-11-18-12-14-8-4-10-17-14/h1-4,6-8,10H,5,9,11-12H2. The van der Waals surface area contributed by atoms with Crippen LogP contribution in [0.5, 0.6) is 0 Å². The number of Topliss-reactive ketones (excluding diaryl/α,β-unsaturated/α-hetero) is 1. The summed E-state index contributed by atoms with van der Waals surface area (Å²) in [4.78, 5) is 11.8. The van der Waals surface area contributed by atoms with Gasteiger partial charge in [-0.2, -0.15) is 11.8 Å². The van der Waals surface area contributed by atoms with Gasteiger partial charge < -0.3 is 4.42 Å². The number of carbonyl (C=O) groups is 1. The first kappa shape index (κ1) is 13.0. The molecule has 1 aromatic carbocycles. The van der Waals surface area contributed by atoms with E-state index in [1.54, 1.807) is 18.0 Å². The summed E-state index contributed by atoms with van der Waals surface area (Å²) in [7, 11) is 0. The summed E-state index contributed by atoms with van der Waals surface area (Å²) in [6.45, 7) is 0. The maximum atomic E-state index is 11.8. The molecule has 3 heteroatoms. The van der Waals surface area contributed by atoms with Crippen LogP contribution in [0.25, 0.3) is 0 Å². The molecule has 0 saturated carbocycles. The van der Waals surface area contributed by atoms with Crippen molar-refractivity contribution in [1.82, 2.24) is 0 Å². The zero-order valence-electron chi connectivity index (χ0n) is 10.2. The van der Waals surface area contributed by atoms with Crippen molar-refractivity contribution in [2.75, 3.05) is 5.75 Å². The fourth-order valence-corrected chi connectivity index (χ4v) is 2.53. The predicted octanol–water partition coefficient (Wildman–Crippen LogP) is 4.18. The number of hydrogen-bond donors (Lipinski definition) is 0. The van der Waals surface area contributed by atoms with Gasteiger partial charge in [-0.25, -0.2) is 0 Å². The summed E-state index contributed by atoms with van der Waals surface area (Å²) in [5, 5.41) is 0. The first-order valence-electron chi connectivity index (χ1n) is 6.04. The van der Waals surface area contributed by atoms with Crippen molar-refractivity contribution < 1.29 is 9.21 Å². The number of hydrogen-bond acceptors (Lipinski definition) is 3. The third-order valence-electron chi connectivity index (χ3n) is 2.61. The van der Waals surface area contributed by atoms with Crippen molar-refractivity contribution in [3.05, 3.63) is 60.1 Å². The summed E-state index contributed by atoms with van der Waals surface area (Å²) < 4.78 is 5.24. The second kappa shape index (κ2) is 7.07. The molecule has 0 saturated heterocycles. The largest absolute Gasteiger partial charge is 0.468 e. The first-order valence-corrected chi connectivity index (χ1v) is 7.20. The fraction of sp³-hybridized carbons (Fsp3) is 0.267. The molecule has 0 unspecified atom stereocenters. The molecule has 0 atom stereocenters. The first-order chi connectivity index (χ1) is 8.86. The van der Waals surface area contributed by atoms with Crippen LogP contribution in [0.15, 0.2) is 53.1 Å². The van der Waals surface area contributed by atoms with Gasteiger partial charge in [0.15, 0.2) is 5.78 Å². The maximum Gasteiger partial charge on any atom is 0.162 e. The highest BCUT2D eigenvalue weighted by Crippen LogP contribution is 2.15. The summed E-state index contributed by atoms with van der Waals surface area (Å²) in [5.74, 6) is 3.09. The molecule has 2 nitrogen and oxygen atoms in total. The van der Waals surface area contributed by atoms with Gasteiger partial charge in [0.25, 0.3) is 0 Å². The Bertz CT molecular complexity index is 463. The number of carbonyl (C=O) groups excluding carboxylic acids is 1. The fourth-order valence-electron chi connectivity index (χ4n) is 1.67. The number of thioether (sulfide) groups is 1. The summed E-state index contributed by atoms with van der Waals surface area (Å²) >= 11 is 1.80. The highest BCUT2D eigenvalue weighted by atomic mass is 32.2.